The highest BCUT2D eigenvalue weighted by Crippen LogP contribution is 2.40. The first kappa shape index (κ1) is 21.3. The van der Waals surface area contributed by atoms with Crippen LogP contribution in [-0.4, -0.2) is 31.2 Å². The largest absolute Gasteiger partial charge is 0.354 e. The van der Waals surface area contributed by atoms with Gasteiger partial charge in [0.05, 0.1) is 12.1 Å². The molecule has 3 aromatic carbocycles. The highest BCUT2D eigenvalue weighted by molar-refractivity contribution is 5.82. The predicted molar refractivity (Wildman–Crippen MR) is 137 cm³/mol. The Kier molecular flexibility index (Phi) is 5.17. The third kappa shape index (κ3) is 3.69. The van der Waals surface area contributed by atoms with E-state index in [1.165, 1.54) is 5.56 Å². The van der Waals surface area contributed by atoms with Crippen molar-refractivity contribution in [1.29, 1.82) is 0 Å². The number of aromatic amines is 1. The zero-order valence-corrected chi connectivity index (χ0v) is 19.7. The molecular formula is C28H26N6O. The average Bonchev–Trinajstić information content (AvgIpc) is 3.45. The Morgan fingerprint density at radius 2 is 1.83 bits per heavy atom. The fraction of sp³-hybridized carbons (Fsp3) is 0.214. The molecule has 0 aliphatic carbocycles. The zero-order valence-electron chi connectivity index (χ0n) is 19.7. The molecule has 1 aliphatic heterocycles. The minimum Gasteiger partial charge on any atom is -0.354 e. The first-order chi connectivity index (χ1) is 17.1. The predicted octanol–water partition coefficient (Wildman–Crippen LogP) is 4.41. The number of nitrogens with zero attached hydrogens (tertiary/aromatic N) is 5. The van der Waals surface area contributed by atoms with Gasteiger partial charge in [0.25, 0.3) is 5.56 Å². The number of nitrogens with one attached hydrogen (secondary N) is 1. The molecule has 0 radical (unpaired) electrons. The number of anilines is 1. The topological polar surface area (TPSA) is 79.7 Å². The van der Waals surface area contributed by atoms with Crippen molar-refractivity contribution in [3.05, 3.63) is 117 Å². The van der Waals surface area contributed by atoms with Gasteiger partial charge in [0.2, 0.25) is 0 Å². The number of pyridine rings is 1. The Labute approximate surface area is 203 Å². The SMILES string of the molecule is Cc1cccc2cc([C@H](c3nnnn3Cc3ccccc3)N3c4ccccc4C[C@@H]3C)c(=O)[nH]c12. The Balaban J connectivity index is 1.56. The summed E-state index contributed by atoms with van der Waals surface area (Å²) < 4.78 is 1.81. The molecule has 0 bridgehead atoms. The first-order valence-corrected chi connectivity index (χ1v) is 11.9. The van der Waals surface area contributed by atoms with E-state index in [9.17, 15) is 4.79 Å². The number of fused-ring (bicyclic) bond motifs is 2. The van der Waals surface area contributed by atoms with Crippen LogP contribution in [0.5, 0.6) is 0 Å². The van der Waals surface area contributed by atoms with Crippen molar-refractivity contribution in [2.75, 3.05) is 4.90 Å². The van der Waals surface area contributed by atoms with Crippen molar-refractivity contribution in [1.82, 2.24) is 25.2 Å². The Morgan fingerprint density at radius 3 is 2.69 bits per heavy atom. The molecule has 0 saturated carbocycles. The maximum absolute atomic E-state index is 13.6. The Morgan fingerprint density at radius 1 is 1.03 bits per heavy atom. The van der Waals surface area contributed by atoms with E-state index >= 15 is 0 Å². The summed E-state index contributed by atoms with van der Waals surface area (Å²) in [5.41, 5.74) is 5.88. The summed E-state index contributed by atoms with van der Waals surface area (Å²) in [5, 5.41) is 13.9. The molecule has 6 rings (SSSR count). The van der Waals surface area contributed by atoms with Crippen LogP contribution in [0.3, 0.4) is 0 Å². The molecule has 0 amide bonds. The second kappa shape index (κ2) is 8.51. The maximum atomic E-state index is 13.6. The molecule has 2 atom stereocenters. The maximum Gasteiger partial charge on any atom is 0.254 e. The third-order valence-corrected chi connectivity index (χ3v) is 6.93. The van der Waals surface area contributed by atoms with Crippen molar-refractivity contribution in [3.63, 3.8) is 0 Å². The molecule has 0 spiro atoms. The summed E-state index contributed by atoms with van der Waals surface area (Å²) in [5.74, 6) is 0.648. The van der Waals surface area contributed by atoms with Crippen molar-refractivity contribution in [2.45, 2.75) is 38.9 Å². The van der Waals surface area contributed by atoms with Crippen LogP contribution in [-0.2, 0) is 13.0 Å². The molecule has 1 aliphatic rings. The normalized spacial score (nSPS) is 15.9. The van der Waals surface area contributed by atoms with Gasteiger partial charge in [-0.2, -0.15) is 0 Å². The Bertz CT molecular complexity index is 1570. The lowest BCUT2D eigenvalue weighted by Crippen LogP contribution is -2.39. The van der Waals surface area contributed by atoms with Gasteiger partial charge in [-0.1, -0.05) is 66.7 Å². The molecule has 35 heavy (non-hydrogen) atoms. The Hall–Kier alpha value is -4.26. The van der Waals surface area contributed by atoms with Gasteiger partial charge in [0.1, 0.15) is 6.04 Å². The van der Waals surface area contributed by atoms with Crippen molar-refractivity contribution in [2.24, 2.45) is 0 Å². The lowest BCUT2D eigenvalue weighted by molar-refractivity contribution is 0.544. The van der Waals surface area contributed by atoms with Crippen molar-refractivity contribution < 1.29 is 0 Å². The second-order valence-electron chi connectivity index (χ2n) is 9.26. The minimum atomic E-state index is -0.443. The molecule has 7 heteroatoms. The summed E-state index contributed by atoms with van der Waals surface area (Å²) in [6.45, 7) is 4.72. The van der Waals surface area contributed by atoms with Crippen LogP contribution in [0.4, 0.5) is 5.69 Å². The number of para-hydroxylation sites is 2. The van der Waals surface area contributed by atoms with Gasteiger partial charge in [0, 0.05) is 17.3 Å². The van der Waals surface area contributed by atoms with Crippen LogP contribution in [0.1, 0.15) is 41.0 Å². The van der Waals surface area contributed by atoms with Crippen molar-refractivity contribution >= 4 is 16.6 Å². The van der Waals surface area contributed by atoms with Crippen molar-refractivity contribution in [3.8, 4) is 0 Å². The monoisotopic (exact) mass is 462 g/mol. The van der Waals surface area contributed by atoms with Gasteiger partial charge in [-0.3, -0.25) is 4.79 Å². The number of hydrogen-bond donors (Lipinski definition) is 1. The van der Waals surface area contributed by atoms with Crippen LogP contribution in [0.25, 0.3) is 10.9 Å². The number of benzene rings is 3. The average molecular weight is 463 g/mol. The number of rotatable bonds is 5. The molecule has 1 N–H and O–H groups in total. The molecule has 174 valence electrons. The van der Waals surface area contributed by atoms with Crippen LogP contribution in [0, 0.1) is 6.92 Å². The van der Waals surface area contributed by atoms with Gasteiger partial charge in [-0.05, 0) is 64.9 Å². The molecular weight excluding hydrogens is 436 g/mol. The highest BCUT2D eigenvalue weighted by Gasteiger charge is 2.37. The lowest BCUT2D eigenvalue weighted by atomic mass is 10.0. The quantitative estimate of drug-likeness (QED) is 0.419. The molecule has 7 nitrogen and oxygen atoms in total. The number of H-pyrrole nitrogens is 1. The van der Waals surface area contributed by atoms with Gasteiger partial charge in [-0.25, -0.2) is 4.68 Å². The highest BCUT2D eigenvalue weighted by atomic mass is 16.1. The number of hydrogen-bond acceptors (Lipinski definition) is 5. The molecule has 0 fully saturated rings. The molecule has 2 aromatic heterocycles. The summed E-state index contributed by atoms with van der Waals surface area (Å²) in [6, 6.07) is 26.3. The van der Waals surface area contributed by atoms with Gasteiger partial charge >= 0.3 is 0 Å². The number of aromatic nitrogens is 5. The van der Waals surface area contributed by atoms with E-state index in [-0.39, 0.29) is 11.6 Å². The summed E-state index contributed by atoms with van der Waals surface area (Å²) in [6.07, 6.45) is 0.900. The standard InChI is InChI=1S/C28H26N6O/c1-18-9-8-13-22-16-23(28(35)29-25(18)22)26(34-19(2)15-21-12-6-7-14-24(21)34)27-30-31-32-33(27)17-20-10-4-3-5-11-20/h3-14,16,19,26H,15,17H2,1-2H3,(H,29,35)/t19-,26+/m0/s1. The van der Waals surface area contributed by atoms with E-state index < -0.39 is 6.04 Å². The van der Waals surface area contributed by atoms with Crippen LogP contribution >= 0.6 is 0 Å². The third-order valence-electron chi connectivity index (χ3n) is 6.93. The van der Waals surface area contributed by atoms with E-state index in [1.807, 2.05) is 60.1 Å². The lowest BCUT2D eigenvalue weighted by Gasteiger charge is -2.33. The zero-order chi connectivity index (χ0) is 23.9. The fourth-order valence-electron chi connectivity index (χ4n) is 5.28. The summed E-state index contributed by atoms with van der Waals surface area (Å²) >= 11 is 0. The molecule has 3 heterocycles. The van der Waals surface area contributed by atoms with E-state index in [0.29, 0.717) is 17.9 Å². The van der Waals surface area contributed by atoms with Crippen LogP contribution in [0.15, 0.2) is 83.7 Å². The molecule has 0 unspecified atom stereocenters. The van der Waals surface area contributed by atoms with Crippen LogP contribution < -0.4 is 10.5 Å². The smallest absolute Gasteiger partial charge is 0.254 e. The fourth-order valence-corrected chi connectivity index (χ4v) is 5.28. The van der Waals surface area contributed by atoms with E-state index in [0.717, 1.165) is 34.1 Å². The first-order valence-electron chi connectivity index (χ1n) is 11.9. The van der Waals surface area contributed by atoms with Gasteiger partial charge < -0.3 is 9.88 Å². The molecule has 0 saturated heterocycles. The second-order valence-corrected chi connectivity index (χ2v) is 9.26. The van der Waals surface area contributed by atoms with Gasteiger partial charge in [-0.15, -0.1) is 5.10 Å². The summed E-state index contributed by atoms with van der Waals surface area (Å²) in [7, 11) is 0. The van der Waals surface area contributed by atoms with E-state index in [2.05, 4.69) is 62.7 Å². The van der Waals surface area contributed by atoms with E-state index in [4.69, 9.17) is 0 Å². The van der Waals surface area contributed by atoms with Gasteiger partial charge in [0.15, 0.2) is 5.82 Å². The number of aryl methyl sites for hydroxylation is 1. The van der Waals surface area contributed by atoms with Crippen LogP contribution in [0.2, 0.25) is 0 Å². The van der Waals surface area contributed by atoms with E-state index in [1.54, 1.807) is 0 Å². The number of tetrazole rings is 1. The molecule has 5 aromatic rings. The minimum absolute atomic E-state index is 0.123. The summed E-state index contributed by atoms with van der Waals surface area (Å²) in [4.78, 5) is 19.0.